The number of carboxylic acids is 1. The number of hydrogen-bond donors (Lipinski definition) is 3. The second kappa shape index (κ2) is 10.3. The molecule has 0 saturated heterocycles. The summed E-state index contributed by atoms with van der Waals surface area (Å²) in [5, 5.41) is 28.7. The molecule has 3 N–H and O–H groups in total. The summed E-state index contributed by atoms with van der Waals surface area (Å²) in [6.45, 7) is 0.473. The Balaban J connectivity index is 1.80. The quantitative estimate of drug-likeness (QED) is 0.447. The largest absolute Gasteiger partial charge is 0.481 e. The summed E-state index contributed by atoms with van der Waals surface area (Å²) in [5.74, 6) is -0.887. The van der Waals surface area contributed by atoms with Gasteiger partial charge in [-0.3, -0.25) is 4.79 Å². The first kappa shape index (κ1) is 19.6. The zero-order chi connectivity index (χ0) is 18.1. The third-order valence-corrected chi connectivity index (χ3v) is 4.85. The van der Waals surface area contributed by atoms with E-state index < -0.39 is 12.1 Å². The van der Waals surface area contributed by atoms with E-state index >= 15 is 0 Å². The van der Waals surface area contributed by atoms with Gasteiger partial charge in [-0.25, -0.2) is 0 Å². The molecular weight excluding hydrogens is 320 g/mol. The highest BCUT2D eigenvalue weighted by Gasteiger charge is 2.42. The van der Waals surface area contributed by atoms with Gasteiger partial charge in [-0.2, -0.15) is 0 Å². The lowest BCUT2D eigenvalue weighted by Gasteiger charge is -2.23. The third-order valence-electron chi connectivity index (χ3n) is 4.85. The van der Waals surface area contributed by atoms with Crippen molar-refractivity contribution >= 4 is 5.97 Å². The number of allylic oxidation sites excluding steroid dienone is 2. The molecule has 1 aliphatic rings. The van der Waals surface area contributed by atoms with Crippen LogP contribution in [0.2, 0.25) is 0 Å². The Labute approximate surface area is 149 Å². The molecule has 1 aliphatic carbocycles. The van der Waals surface area contributed by atoms with Gasteiger partial charge in [0, 0.05) is 25.4 Å². The van der Waals surface area contributed by atoms with Crippen molar-refractivity contribution in [3.05, 3.63) is 48.0 Å². The van der Waals surface area contributed by atoms with E-state index in [0.717, 1.165) is 5.56 Å². The molecule has 4 atom stereocenters. The number of ether oxygens (including phenoxy) is 1. The molecule has 0 aliphatic heterocycles. The number of carbonyl (C=O) groups is 1. The van der Waals surface area contributed by atoms with Crippen LogP contribution in [0.25, 0.3) is 0 Å². The second-order valence-corrected chi connectivity index (χ2v) is 6.64. The molecule has 0 heterocycles. The van der Waals surface area contributed by atoms with Crippen LogP contribution in [0.4, 0.5) is 0 Å². The number of aliphatic hydroxyl groups is 2. The number of aliphatic carboxylic acids is 1. The van der Waals surface area contributed by atoms with E-state index in [4.69, 9.17) is 9.84 Å². The first-order chi connectivity index (χ1) is 12.1. The van der Waals surface area contributed by atoms with Gasteiger partial charge in [0.2, 0.25) is 0 Å². The van der Waals surface area contributed by atoms with Crippen LogP contribution in [0.15, 0.2) is 42.5 Å². The summed E-state index contributed by atoms with van der Waals surface area (Å²) < 4.78 is 5.96. The topological polar surface area (TPSA) is 87.0 Å². The van der Waals surface area contributed by atoms with Crippen molar-refractivity contribution in [1.29, 1.82) is 0 Å². The molecule has 1 aromatic carbocycles. The van der Waals surface area contributed by atoms with Crippen molar-refractivity contribution in [2.24, 2.45) is 11.8 Å². The maximum atomic E-state index is 10.5. The molecular formula is C20H28O5. The smallest absolute Gasteiger partial charge is 0.303 e. The second-order valence-electron chi connectivity index (χ2n) is 6.64. The van der Waals surface area contributed by atoms with Gasteiger partial charge in [0.25, 0.3) is 0 Å². The molecule has 1 fully saturated rings. The van der Waals surface area contributed by atoms with Crippen LogP contribution < -0.4 is 0 Å². The van der Waals surface area contributed by atoms with Crippen molar-refractivity contribution in [2.45, 2.75) is 50.9 Å². The van der Waals surface area contributed by atoms with Crippen molar-refractivity contribution < 1.29 is 24.9 Å². The predicted octanol–water partition coefficient (Wildman–Crippen LogP) is 2.76. The fourth-order valence-electron chi connectivity index (χ4n) is 3.44. The standard InChI is InChI=1S/C20H28O5/c21-13-17-16(10-6-1-2-7-11-20(23)24)18(22)12-19(17)25-14-15-8-4-3-5-9-15/h1,3-6,8-9,16-19,21-22H,2,7,10-14H2,(H,23,24)/t16-,17-,18+,19-/m1/s1. The number of carboxylic acid groups (broad SMARTS) is 1. The van der Waals surface area contributed by atoms with Crippen molar-refractivity contribution in [3.63, 3.8) is 0 Å². The third kappa shape index (κ3) is 6.27. The molecule has 0 amide bonds. The average molecular weight is 348 g/mol. The van der Waals surface area contributed by atoms with Gasteiger partial charge in [-0.15, -0.1) is 0 Å². The van der Waals surface area contributed by atoms with E-state index in [9.17, 15) is 15.0 Å². The molecule has 5 nitrogen and oxygen atoms in total. The van der Waals surface area contributed by atoms with Gasteiger partial charge in [0.15, 0.2) is 0 Å². The molecule has 1 saturated carbocycles. The zero-order valence-electron chi connectivity index (χ0n) is 14.5. The van der Waals surface area contributed by atoms with E-state index in [-0.39, 0.29) is 31.0 Å². The minimum absolute atomic E-state index is 0.00592. The van der Waals surface area contributed by atoms with E-state index in [1.165, 1.54) is 0 Å². The van der Waals surface area contributed by atoms with Crippen molar-refractivity contribution in [1.82, 2.24) is 0 Å². The number of rotatable bonds is 10. The summed E-state index contributed by atoms with van der Waals surface area (Å²) in [6.07, 6.45) is 6.02. The highest BCUT2D eigenvalue weighted by atomic mass is 16.5. The molecule has 25 heavy (non-hydrogen) atoms. The Kier molecular flexibility index (Phi) is 8.12. The Hall–Kier alpha value is -1.69. The summed E-state index contributed by atoms with van der Waals surface area (Å²) in [6, 6.07) is 9.87. The van der Waals surface area contributed by atoms with Gasteiger partial charge in [-0.05, 0) is 30.7 Å². The Morgan fingerprint density at radius 2 is 1.96 bits per heavy atom. The lowest BCUT2D eigenvalue weighted by atomic mass is 9.91. The molecule has 5 heteroatoms. The Morgan fingerprint density at radius 3 is 2.64 bits per heavy atom. The Morgan fingerprint density at radius 1 is 1.20 bits per heavy atom. The molecule has 0 spiro atoms. The molecule has 0 aromatic heterocycles. The van der Waals surface area contributed by atoms with Crippen LogP contribution in [0.5, 0.6) is 0 Å². The fourth-order valence-corrected chi connectivity index (χ4v) is 3.44. The summed E-state index contributed by atoms with van der Waals surface area (Å²) in [4.78, 5) is 10.5. The first-order valence-corrected chi connectivity index (χ1v) is 8.93. The van der Waals surface area contributed by atoms with Crippen LogP contribution in [-0.2, 0) is 16.1 Å². The molecule has 0 bridgehead atoms. The van der Waals surface area contributed by atoms with E-state index in [1.807, 2.05) is 42.5 Å². The minimum Gasteiger partial charge on any atom is -0.481 e. The van der Waals surface area contributed by atoms with Crippen molar-refractivity contribution in [3.8, 4) is 0 Å². The summed E-state index contributed by atoms with van der Waals surface area (Å²) >= 11 is 0. The van der Waals surface area contributed by atoms with Gasteiger partial charge < -0.3 is 20.1 Å². The molecule has 1 aromatic rings. The van der Waals surface area contributed by atoms with E-state index in [1.54, 1.807) is 0 Å². The zero-order valence-corrected chi connectivity index (χ0v) is 14.5. The molecule has 0 unspecified atom stereocenters. The predicted molar refractivity (Wildman–Crippen MR) is 95.0 cm³/mol. The number of aliphatic hydroxyl groups excluding tert-OH is 2. The van der Waals surface area contributed by atoms with Crippen LogP contribution in [0.3, 0.4) is 0 Å². The minimum atomic E-state index is -0.779. The average Bonchev–Trinajstić information content (AvgIpc) is 2.91. The maximum absolute atomic E-state index is 10.5. The normalized spacial score (nSPS) is 26.3. The highest BCUT2D eigenvalue weighted by molar-refractivity contribution is 5.66. The van der Waals surface area contributed by atoms with E-state index in [0.29, 0.717) is 32.3 Å². The fraction of sp³-hybridized carbons (Fsp3) is 0.550. The van der Waals surface area contributed by atoms with Gasteiger partial charge in [-0.1, -0.05) is 42.5 Å². The monoisotopic (exact) mass is 348 g/mol. The number of hydrogen-bond acceptors (Lipinski definition) is 4. The molecule has 2 rings (SSSR count). The van der Waals surface area contributed by atoms with Crippen LogP contribution in [0, 0.1) is 11.8 Å². The highest BCUT2D eigenvalue weighted by Crippen LogP contribution is 2.37. The van der Waals surface area contributed by atoms with E-state index in [2.05, 4.69) is 0 Å². The Bertz CT molecular complexity index is 542. The van der Waals surface area contributed by atoms with Gasteiger partial charge in [0.05, 0.1) is 18.8 Å². The van der Waals surface area contributed by atoms with Crippen LogP contribution in [0.1, 0.15) is 37.7 Å². The van der Waals surface area contributed by atoms with Gasteiger partial charge >= 0.3 is 5.97 Å². The maximum Gasteiger partial charge on any atom is 0.303 e. The van der Waals surface area contributed by atoms with Crippen molar-refractivity contribution in [2.75, 3.05) is 6.61 Å². The summed E-state index contributed by atoms with van der Waals surface area (Å²) in [7, 11) is 0. The number of benzene rings is 1. The summed E-state index contributed by atoms with van der Waals surface area (Å²) in [5.41, 5.74) is 1.08. The lowest BCUT2D eigenvalue weighted by molar-refractivity contribution is -0.137. The lowest BCUT2D eigenvalue weighted by Crippen LogP contribution is -2.26. The van der Waals surface area contributed by atoms with Crippen LogP contribution >= 0.6 is 0 Å². The molecule has 0 radical (unpaired) electrons. The number of unbranched alkanes of at least 4 members (excludes halogenated alkanes) is 1. The first-order valence-electron chi connectivity index (χ1n) is 8.93. The SMILES string of the molecule is O=C(O)CCCC=CC[C@@H]1[C@@H](CO)[C@H](OCc2ccccc2)C[C@@H]1O. The molecule has 138 valence electrons. The van der Waals surface area contributed by atoms with Gasteiger partial charge in [0.1, 0.15) is 0 Å². The van der Waals surface area contributed by atoms with Crippen LogP contribution in [-0.4, -0.2) is 40.1 Å².